The van der Waals surface area contributed by atoms with E-state index >= 15 is 0 Å². The molecular formula is C27H31N3O2S. The number of aromatic nitrogens is 1. The van der Waals surface area contributed by atoms with Crippen LogP contribution in [0.15, 0.2) is 53.9 Å². The molecule has 6 heteroatoms. The van der Waals surface area contributed by atoms with E-state index in [1.165, 1.54) is 25.9 Å². The molecule has 5 rings (SSSR count). The Morgan fingerprint density at radius 1 is 1.06 bits per heavy atom. The molecule has 2 saturated heterocycles. The molecule has 2 aromatic carbocycles. The molecular weight excluding hydrogens is 430 g/mol. The van der Waals surface area contributed by atoms with Crippen LogP contribution < -0.4 is 4.74 Å². The van der Waals surface area contributed by atoms with Gasteiger partial charge < -0.3 is 14.5 Å². The first-order valence-electron chi connectivity index (χ1n) is 12.0. The van der Waals surface area contributed by atoms with Crippen molar-refractivity contribution in [2.24, 2.45) is 0 Å². The summed E-state index contributed by atoms with van der Waals surface area (Å²) in [6, 6.07) is 16.4. The van der Waals surface area contributed by atoms with Crippen molar-refractivity contribution in [1.82, 2.24) is 14.8 Å². The lowest BCUT2D eigenvalue weighted by Crippen LogP contribution is -2.42. The molecule has 3 aromatic rings. The van der Waals surface area contributed by atoms with Gasteiger partial charge in [-0.1, -0.05) is 24.3 Å². The molecule has 0 N–H and O–H groups in total. The average molecular weight is 462 g/mol. The van der Waals surface area contributed by atoms with Crippen molar-refractivity contribution in [3.8, 4) is 27.6 Å². The van der Waals surface area contributed by atoms with Gasteiger partial charge >= 0.3 is 0 Å². The molecule has 1 atom stereocenters. The fourth-order valence-corrected chi connectivity index (χ4v) is 5.76. The number of carbonyl (C=O) groups is 1. The summed E-state index contributed by atoms with van der Waals surface area (Å²) >= 11 is 1.62. The zero-order chi connectivity index (χ0) is 22.6. The van der Waals surface area contributed by atoms with Crippen molar-refractivity contribution in [3.05, 3.63) is 59.5 Å². The number of carbonyl (C=O) groups excluding carboxylic acids is 1. The molecule has 0 aliphatic carbocycles. The number of amides is 1. The Balaban J connectivity index is 1.28. The van der Waals surface area contributed by atoms with E-state index in [1.807, 2.05) is 49.4 Å². The zero-order valence-electron chi connectivity index (χ0n) is 19.2. The van der Waals surface area contributed by atoms with Crippen LogP contribution in [-0.4, -0.2) is 59.5 Å². The Bertz CT molecular complexity index is 1090. The fourth-order valence-electron chi connectivity index (χ4n) is 4.93. The van der Waals surface area contributed by atoms with E-state index in [0.29, 0.717) is 12.6 Å². The molecule has 2 aliphatic rings. The minimum absolute atomic E-state index is 0.163. The van der Waals surface area contributed by atoms with Crippen LogP contribution in [-0.2, 0) is 0 Å². The number of likely N-dealkylation sites (tertiary alicyclic amines) is 2. The summed E-state index contributed by atoms with van der Waals surface area (Å²) in [6.45, 7) is 6.89. The second-order valence-electron chi connectivity index (χ2n) is 8.88. The number of ether oxygens (including phenoxy) is 1. The lowest BCUT2D eigenvalue weighted by Gasteiger charge is -2.28. The SMILES string of the molecule is CCOc1cccc(-c2csc(-c3ccc(C(=O)N4CCCC4CN4CCCC4)cc3)n2)c1. The molecule has 5 nitrogen and oxygen atoms in total. The van der Waals surface area contributed by atoms with Gasteiger partial charge in [0.25, 0.3) is 5.91 Å². The molecule has 3 heterocycles. The number of rotatable bonds is 7. The van der Waals surface area contributed by atoms with Crippen molar-refractivity contribution < 1.29 is 9.53 Å². The zero-order valence-corrected chi connectivity index (χ0v) is 20.0. The predicted octanol–water partition coefficient (Wildman–Crippen LogP) is 5.58. The third-order valence-corrected chi connectivity index (χ3v) is 7.52. The molecule has 0 bridgehead atoms. The summed E-state index contributed by atoms with van der Waals surface area (Å²) in [6.07, 6.45) is 4.80. The van der Waals surface area contributed by atoms with Gasteiger partial charge in [0, 0.05) is 41.2 Å². The highest BCUT2D eigenvalue weighted by Crippen LogP contribution is 2.31. The molecule has 1 amide bonds. The molecule has 2 fully saturated rings. The van der Waals surface area contributed by atoms with E-state index < -0.39 is 0 Å². The molecule has 0 radical (unpaired) electrons. The van der Waals surface area contributed by atoms with Gasteiger partial charge in [-0.05, 0) is 70.0 Å². The summed E-state index contributed by atoms with van der Waals surface area (Å²) in [4.78, 5) is 22.7. The van der Waals surface area contributed by atoms with Gasteiger partial charge in [-0.2, -0.15) is 0 Å². The van der Waals surface area contributed by atoms with Crippen molar-refractivity contribution >= 4 is 17.2 Å². The van der Waals surface area contributed by atoms with Crippen molar-refractivity contribution in [2.45, 2.75) is 38.6 Å². The molecule has 33 heavy (non-hydrogen) atoms. The molecule has 0 saturated carbocycles. The van der Waals surface area contributed by atoms with Crippen LogP contribution in [0.3, 0.4) is 0 Å². The van der Waals surface area contributed by atoms with Crippen LogP contribution in [0, 0.1) is 0 Å². The van der Waals surface area contributed by atoms with Crippen LogP contribution >= 0.6 is 11.3 Å². The van der Waals surface area contributed by atoms with Crippen molar-refractivity contribution in [2.75, 3.05) is 32.8 Å². The molecule has 0 spiro atoms. The first-order valence-corrected chi connectivity index (χ1v) is 12.9. The monoisotopic (exact) mass is 461 g/mol. The van der Waals surface area contributed by atoms with E-state index in [2.05, 4.69) is 21.2 Å². The molecule has 2 aliphatic heterocycles. The van der Waals surface area contributed by atoms with Crippen molar-refractivity contribution in [3.63, 3.8) is 0 Å². The Morgan fingerprint density at radius 2 is 1.88 bits per heavy atom. The number of hydrogen-bond donors (Lipinski definition) is 0. The summed E-state index contributed by atoms with van der Waals surface area (Å²) in [7, 11) is 0. The maximum atomic E-state index is 13.2. The van der Waals surface area contributed by atoms with Crippen LogP contribution in [0.2, 0.25) is 0 Å². The van der Waals surface area contributed by atoms with Gasteiger partial charge in [0.1, 0.15) is 10.8 Å². The van der Waals surface area contributed by atoms with Crippen LogP contribution in [0.25, 0.3) is 21.8 Å². The predicted molar refractivity (Wildman–Crippen MR) is 134 cm³/mol. The minimum atomic E-state index is 0.163. The number of nitrogens with zero attached hydrogens (tertiary/aromatic N) is 3. The Labute approximate surface area is 200 Å². The number of thiazole rings is 1. The quantitative estimate of drug-likeness (QED) is 0.461. The lowest BCUT2D eigenvalue weighted by molar-refractivity contribution is 0.0709. The standard InChI is InChI=1S/C27H31N3O2S/c1-2-32-24-9-5-7-22(17-24)25-19-33-26(28-25)20-10-12-21(13-11-20)27(31)30-16-6-8-23(30)18-29-14-3-4-15-29/h5,7,9-13,17,19,23H,2-4,6,8,14-16,18H2,1H3. The highest BCUT2D eigenvalue weighted by Gasteiger charge is 2.31. The average Bonchev–Trinajstić information content (AvgIpc) is 3.62. The van der Waals surface area contributed by atoms with Crippen LogP contribution in [0.1, 0.15) is 43.0 Å². The van der Waals surface area contributed by atoms with E-state index in [4.69, 9.17) is 9.72 Å². The Hall–Kier alpha value is -2.70. The van der Waals surface area contributed by atoms with Gasteiger partial charge in [0.2, 0.25) is 0 Å². The third kappa shape index (κ3) is 4.97. The summed E-state index contributed by atoms with van der Waals surface area (Å²) in [5.74, 6) is 1.02. The van der Waals surface area contributed by atoms with Crippen LogP contribution in [0.4, 0.5) is 0 Å². The second kappa shape index (κ2) is 10.1. The Morgan fingerprint density at radius 3 is 2.67 bits per heavy atom. The second-order valence-corrected chi connectivity index (χ2v) is 9.74. The van der Waals surface area contributed by atoms with Crippen molar-refractivity contribution in [1.29, 1.82) is 0 Å². The van der Waals surface area contributed by atoms with Crippen LogP contribution in [0.5, 0.6) is 5.75 Å². The molecule has 1 aromatic heterocycles. The van der Waals surface area contributed by atoms with Gasteiger partial charge in [0.15, 0.2) is 0 Å². The maximum Gasteiger partial charge on any atom is 0.254 e. The Kier molecular flexibility index (Phi) is 6.74. The van der Waals surface area contributed by atoms with Gasteiger partial charge in [-0.3, -0.25) is 4.79 Å². The van der Waals surface area contributed by atoms with E-state index in [1.54, 1.807) is 11.3 Å². The maximum absolute atomic E-state index is 13.2. The summed E-state index contributed by atoms with van der Waals surface area (Å²) < 4.78 is 5.62. The topological polar surface area (TPSA) is 45.7 Å². The van der Waals surface area contributed by atoms with Gasteiger partial charge in [-0.25, -0.2) is 4.98 Å². The number of benzene rings is 2. The summed E-state index contributed by atoms with van der Waals surface area (Å²) in [5, 5.41) is 3.03. The highest BCUT2D eigenvalue weighted by molar-refractivity contribution is 7.13. The third-order valence-electron chi connectivity index (χ3n) is 6.63. The van der Waals surface area contributed by atoms with E-state index in [9.17, 15) is 4.79 Å². The van der Waals surface area contributed by atoms with E-state index in [0.717, 1.165) is 59.1 Å². The normalized spacial score (nSPS) is 18.7. The van der Waals surface area contributed by atoms with Gasteiger partial charge in [-0.15, -0.1) is 11.3 Å². The smallest absolute Gasteiger partial charge is 0.254 e. The molecule has 1 unspecified atom stereocenters. The van der Waals surface area contributed by atoms with Gasteiger partial charge in [0.05, 0.1) is 12.3 Å². The highest BCUT2D eigenvalue weighted by atomic mass is 32.1. The molecule has 172 valence electrons. The fraction of sp³-hybridized carbons (Fsp3) is 0.407. The lowest BCUT2D eigenvalue weighted by atomic mass is 10.1. The van der Waals surface area contributed by atoms with E-state index in [-0.39, 0.29) is 5.91 Å². The first kappa shape index (κ1) is 22.1. The summed E-state index contributed by atoms with van der Waals surface area (Å²) in [5.41, 5.74) is 3.80. The largest absolute Gasteiger partial charge is 0.494 e. The number of hydrogen-bond acceptors (Lipinski definition) is 5. The minimum Gasteiger partial charge on any atom is -0.494 e. The first-order chi connectivity index (χ1) is 16.2.